The van der Waals surface area contributed by atoms with E-state index in [1.54, 1.807) is 6.26 Å². The molecule has 0 aliphatic heterocycles. The molecule has 1 fully saturated rings. The third-order valence-electron chi connectivity index (χ3n) is 4.19. The monoisotopic (exact) mass is 439 g/mol. The SMILES string of the molecule is CC1CC1NC(=NCCc1ccco1)NCCc1ccccc1.I. The van der Waals surface area contributed by atoms with Crippen LogP contribution in [0.25, 0.3) is 0 Å². The predicted molar refractivity (Wildman–Crippen MR) is 109 cm³/mol. The lowest BCUT2D eigenvalue weighted by molar-refractivity contribution is 0.510. The van der Waals surface area contributed by atoms with E-state index in [1.807, 2.05) is 12.1 Å². The summed E-state index contributed by atoms with van der Waals surface area (Å²) in [5, 5.41) is 6.96. The first-order chi connectivity index (χ1) is 11.3. The number of hydrogen-bond acceptors (Lipinski definition) is 2. The van der Waals surface area contributed by atoms with Crippen molar-refractivity contribution in [1.82, 2.24) is 10.6 Å². The van der Waals surface area contributed by atoms with Gasteiger partial charge in [-0.25, -0.2) is 0 Å². The summed E-state index contributed by atoms with van der Waals surface area (Å²) in [6.07, 6.45) is 4.78. The first-order valence-electron chi connectivity index (χ1n) is 8.42. The fourth-order valence-corrected chi connectivity index (χ4v) is 2.55. The Morgan fingerprint density at radius 2 is 1.96 bits per heavy atom. The molecule has 1 aliphatic carbocycles. The molecule has 4 nitrogen and oxygen atoms in total. The van der Waals surface area contributed by atoms with Crippen molar-refractivity contribution in [2.24, 2.45) is 10.9 Å². The van der Waals surface area contributed by atoms with Crippen molar-refractivity contribution in [2.45, 2.75) is 32.2 Å². The Kier molecular flexibility index (Phi) is 7.62. The van der Waals surface area contributed by atoms with E-state index in [-0.39, 0.29) is 24.0 Å². The van der Waals surface area contributed by atoms with Crippen molar-refractivity contribution in [3.8, 4) is 0 Å². The molecule has 2 aromatic rings. The zero-order valence-electron chi connectivity index (χ0n) is 14.1. The van der Waals surface area contributed by atoms with Crippen LogP contribution in [-0.4, -0.2) is 25.1 Å². The molecule has 1 saturated carbocycles. The van der Waals surface area contributed by atoms with Gasteiger partial charge in [-0.3, -0.25) is 4.99 Å². The van der Waals surface area contributed by atoms with Crippen LogP contribution >= 0.6 is 24.0 Å². The number of nitrogens with one attached hydrogen (secondary N) is 2. The van der Waals surface area contributed by atoms with Gasteiger partial charge in [-0.05, 0) is 36.5 Å². The zero-order valence-corrected chi connectivity index (χ0v) is 16.4. The molecule has 2 atom stereocenters. The Hall–Kier alpha value is -1.50. The number of hydrogen-bond donors (Lipinski definition) is 2. The molecule has 1 aromatic carbocycles. The van der Waals surface area contributed by atoms with Gasteiger partial charge in [0, 0.05) is 25.6 Å². The molecule has 2 N–H and O–H groups in total. The molecule has 0 saturated heterocycles. The zero-order chi connectivity index (χ0) is 15.9. The molecule has 3 rings (SSSR count). The lowest BCUT2D eigenvalue weighted by atomic mass is 10.1. The number of guanidine groups is 1. The van der Waals surface area contributed by atoms with Crippen molar-refractivity contribution < 1.29 is 4.42 Å². The van der Waals surface area contributed by atoms with Gasteiger partial charge >= 0.3 is 0 Å². The molecule has 0 amide bonds. The van der Waals surface area contributed by atoms with Crippen LogP contribution < -0.4 is 10.6 Å². The Labute approximate surface area is 161 Å². The average Bonchev–Trinajstić information content (AvgIpc) is 3.02. The molecule has 0 spiro atoms. The van der Waals surface area contributed by atoms with Gasteiger partial charge in [0.25, 0.3) is 0 Å². The maximum atomic E-state index is 5.35. The molecular formula is C19H26IN3O. The van der Waals surface area contributed by atoms with Gasteiger partial charge in [-0.2, -0.15) is 0 Å². The molecular weight excluding hydrogens is 413 g/mol. The fraction of sp³-hybridized carbons (Fsp3) is 0.421. The first kappa shape index (κ1) is 18.8. The van der Waals surface area contributed by atoms with E-state index in [0.717, 1.165) is 43.6 Å². The molecule has 1 aromatic heterocycles. The molecule has 2 unspecified atom stereocenters. The summed E-state index contributed by atoms with van der Waals surface area (Å²) in [5.41, 5.74) is 1.34. The number of rotatable bonds is 7. The smallest absolute Gasteiger partial charge is 0.191 e. The van der Waals surface area contributed by atoms with Crippen LogP contribution in [0.4, 0.5) is 0 Å². The number of aliphatic imine (C=N–C) groups is 1. The summed E-state index contributed by atoms with van der Waals surface area (Å²) in [6, 6.07) is 15.0. The lowest BCUT2D eigenvalue weighted by Gasteiger charge is -2.12. The van der Waals surface area contributed by atoms with Crippen molar-refractivity contribution in [3.05, 3.63) is 60.1 Å². The largest absolute Gasteiger partial charge is 0.469 e. The Morgan fingerprint density at radius 1 is 1.17 bits per heavy atom. The molecule has 130 valence electrons. The summed E-state index contributed by atoms with van der Waals surface area (Å²) >= 11 is 0. The van der Waals surface area contributed by atoms with Gasteiger partial charge in [0.1, 0.15) is 5.76 Å². The van der Waals surface area contributed by atoms with Crippen LogP contribution in [0.1, 0.15) is 24.7 Å². The Morgan fingerprint density at radius 3 is 2.62 bits per heavy atom. The molecule has 1 aliphatic rings. The maximum absolute atomic E-state index is 5.35. The third-order valence-corrected chi connectivity index (χ3v) is 4.19. The number of furan rings is 1. The summed E-state index contributed by atoms with van der Waals surface area (Å²) < 4.78 is 5.35. The van der Waals surface area contributed by atoms with Crippen LogP contribution in [-0.2, 0) is 12.8 Å². The van der Waals surface area contributed by atoms with E-state index in [1.165, 1.54) is 12.0 Å². The van der Waals surface area contributed by atoms with Gasteiger partial charge in [-0.15, -0.1) is 24.0 Å². The summed E-state index contributed by atoms with van der Waals surface area (Å²) in [5.74, 6) is 2.65. The lowest BCUT2D eigenvalue weighted by Crippen LogP contribution is -2.40. The maximum Gasteiger partial charge on any atom is 0.191 e. The minimum atomic E-state index is 0. The second kappa shape index (κ2) is 9.71. The number of halogens is 1. The summed E-state index contributed by atoms with van der Waals surface area (Å²) in [6.45, 7) is 3.88. The van der Waals surface area contributed by atoms with Crippen LogP contribution in [0.3, 0.4) is 0 Å². The third kappa shape index (κ3) is 6.19. The minimum absolute atomic E-state index is 0. The fourth-order valence-electron chi connectivity index (χ4n) is 2.55. The van der Waals surface area contributed by atoms with E-state index in [2.05, 4.69) is 52.9 Å². The van der Waals surface area contributed by atoms with E-state index in [0.29, 0.717) is 6.04 Å². The standard InChI is InChI=1S/C19H25N3O.HI/c1-15-14-18(15)22-19(21-12-10-17-8-5-13-23-17)20-11-9-16-6-3-2-4-7-16;/h2-8,13,15,18H,9-12,14H2,1H3,(H2,20,21,22);1H. The van der Waals surface area contributed by atoms with Crippen LogP contribution in [0, 0.1) is 5.92 Å². The van der Waals surface area contributed by atoms with E-state index in [9.17, 15) is 0 Å². The minimum Gasteiger partial charge on any atom is -0.469 e. The topological polar surface area (TPSA) is 49.6 Å². The van der Waals surface area contributed by atoms with Crippen molar-refractivity contribution in [3.63, 3.8) is 0 Å². The predicted octanol–water partition coefficient (Wildman–Crippen LogP) is 3.63. The van der Waals surface area contributed by atoms with Crippen LogP contribution in [0.2, 0.25) is 0 Å². The van der Waals surface area contributed by atoms with Gasteiger partial charge in [0.2, 0.25) is 0 Å². The highest BCUT2D eigenvalue weighted by molar-refractivity contribution is 14.0. The van der Waals surface area contributed by atoms with E-state index >= 15 is 0 Å². The highest BCUT2D eigenvalue weighted by atomic mass is 127. The molecule has 0 radical (unpaired) electrons. The van der Waals surface area contributed by atoms with E-state index in [4.69, 9.17) is 4.42 Å². The number of benzene rings is 1. The Bertz CT molecular complexity index is 613. The highest BCUT2D eigenvalue weighted by Gasteiger charge is 2.33. The van der Waals surface area contributed by atoms with Crippen molar-refractivity contribution >= 4 is 29.9 Å². The molecule has 1 heterocycles. The first-order valence-corrected chi connectivity index (χ1v) is 8.42. The van der Waals surface area contributed by atoms with Gasteiger partial charge < -0.3 is 15.1 Å². The van der Waals surface area contributed by atoms with Crippen LogP contribution in [0.15, 0.2) is 58.1 Å². The van der Waals surface area contributed by atoms with Gasteiger partial charge in [-0.1, -0.05) is 37.3 Å². The normalized spacial score (nSPS) is 19.5. The van der Waals surface area contributed by atoms with Crippen molar-refractivity contribution in [1.29, 1.82) is 0 Å². The molecule has 0 bridgehead atoms. The molecule has 5 heteroatoms. The summed E-state index contributed by atoms with van der Waals surface area (Å²) in [4.78, 5) is 4.68. The quantitative estimate of drug-likeness (QED) is 0.394. The highest BCUT2D eigenvalue weighted by Crippen LogP contribution is 2.28. The van der Waals surface area contributed by atoms with E-state index < -0.39 is 0 Å². The Balaban J connectivity index is 0.00000208. The number of nitrogens with zero attached hydrogens (tertiary/aromatic N) is 1. The average molecular weight is 439 g/mol. The summed E-state index contributed by atoms with van der Waals surface area (Å²) in [7, 11) is 0. The van der Waals surface area contributed by atoms with Crippen molar-refractivity contribution in [2.75, 3.05) is 13.1 Å². The molecule has 24 heavy (non-hydrogen) atoms. The van der Waals surface area contributed by atoms with Crippen LogP contribution in [0.5, 0.6) is 0 Å². The van der Waals surface area contributed by atoms with Gasteiger partial charge in [0.05, 0.1) is 6.26 Å². The second-order valence-electron chi connectivity index (χ2n) is 6.19. The second-order valence-corrected chi connectivity index (χ2v) is 6.19. The van der Waals surface area contributed by atoms with Gasteiger partial charge in [0.15, 0.2) is 5.96 Å².